The Hall–Kier alpha value is -3.03. The van der Waals surface area contributed by atoms with E-state index >= 15 is 0 Å². The van der Waals surface area contributed by atoms with Gasteiger partial charge in [0, 0.05) is 25.3 Å². The SMILES string of the molecule is O=C(Cc1ccccc1)N1CCCC(C(=O)N2CCCc3cc(OC(F)(F)F)ccc32)C1. The second kappa shape index (κ2) is 9.22. The zero-order valence-corrected chi connectivity index (χ0v) is 17.6. The molecule has 1 saturated heterocycles. The van der Waals surface area contributed by atoms with E-state index in [-0.39, 0.29) is 23.5 Å². The molecular formula is C24H25F3N2O3. The Bertz CT molecular complexity index is 978. The van der Waals surface area contributed by atoms with Crippen LogP contribution in [0.25, 0.3) is 0 Å². The number of anilines is 1. The quantitative estimate of drug-likeness (QED) is 0.702. The summed E-state index contributed by atoms with van der Waals surface area (Å²) in [5, 5.41) is 0. The maximum Gasteiger partial charge on any atom is 0.573 e. The van der Waals surface area contributed by atoms with E-state index in [1.54, 1.807) is 9.80 Å². The van der Waals surface area contributed by atoms with Crippen molar-refractivity contribution in [3.63, 3.8) is 0 Å². The van der Waals surface area contributed by atoms with Crippen LogP contribution in [0.15, 0.2) is 48.5 Å². The third-order valence-corrected chi connectivity index (χ3v) is 5.99. The molecule has 2 aliphatic heterocycles. The average Bonchev–Trinajstić information content (AvgIpc) is 2.77. The highest BCUT2D eigenvalue weighted by Gasteiger charge is 2.35. The van der Waals surface area contributed by atoms with E-state index in [9.17, 15) is 22.8 Å². The number of hydrogen-bond acceptors (Lipinski definition) is 3. The number of fused-ring (bicyclic) bond motifs is 1. The molecule has 0 saturated carbocycles. The van der Waals surface area contributed by atoms with Crippen LogP contribution in [0.2, 0.25) is 0 Å². The molecule has 0 bridgehead atoms. The molecule has 5 nitrogen and oxygen atoms in total. The van der Waals surface area contributed by atoms with Crippen molar-refractivity contribution in [2.75, 3.05) is 24.5 Å². The largest absolute Gasteiger partial charge is 0.573 e. The lowest BCUT2D eigenvalue weighted by Gasteiger charge is -2.37. The summed E-state index contributed by atoms with van der Waals surface area (Å²) in [6.45, 7) is 1.51. The van der Waals surface area contributed by atoms with Gasteiger partial charge in [-0.15, -0.1) is 13.2 Å². The van der Waals surface area contributed by atoms with E-state index in [1.165, 1.54) is 18.2 Å². The van der Waals surface area contributed by atoms with Crippen molar-refractivity contribution in [2.24, 2.45) is 5.92 Å². The minimum Gasteiger partial charge on any atom is -0.406 e. The van der Waals surface area contributed by atoms with Crippen molar-refractivity contribution in [1.29, 1.82) is 0 Å². The van der Waals surface area contributed by atoms with Crippen LogP contribution in [0.4, 0.5) is 18.9 Å². The van der Waals surface area contributed by atoms with Gasteiger partial charge in [0.2, 0.25) is 11.8 Å². The molecule has 8 heteroatoms. The maximum atomic E-state index is 13.3. The Labute approximate surface area is 184 Å². The number of ether oxygens (including phenoxy) is 1. The number of halogens is 3. The van der Waals surface area contributed by atoms with Crippen LogP contribution in [0, 0.1) is 5.92 Å². The number of alkyl halides is 3. The van der Waals surface area contributed by atoms with Gasteiger partial charge in [0.05, 0.1) is 12.3 Å². The lowest BCUT2D eigenvalue weighted by atomic mass is 9.93. The molecule has 170 valence electrons. The van der Waals surface area contributed by atoms with Gasteiger partial charge in [-0.1, -0.05) is 30.3 Å². The van der Waals surface area contributed by atoms with Crippen molar-refractivity contribution >= 4 is 17.5 Å². The molecule has 0 aromatic heterocycles. The number of piperidine rings is 1. The summed E-state index contributed by atoms with van der Waals surface area (Å²) in [6, 6.07) is 13.6. The molecule has 2 heterocycles. The van der Waals surface area contributed by atoms with Gasteiger partial charge in [-0.3, -0.25) is 9.59 Å². The second-order valence-electron chi connectivity index (χ2n) is 8.27. The Morgan fingerprint density at radius 3 is 2.56 bits per heavy atom. The molecule has 1 atom stereocenters. The summed E-state index contributed by atoms with van der Waals surface area (Å²) in [7, 11) is 0. The van der Waals surface area contributed by atoms with Crippen LogP contribution in [-0.4, -0.2) is 42.7 Å². The molecule has 0 aliphatic carbocycles. The number of amides is 2. The molecule has 1 fully saturated rings. The van der Waals surface area contributed by atoms with Crippen LogP contribution in [-0.2, 0) is 22.4 Å². The van der Waals surface area contributed by atoms with Gasteiger partial charge in [-0.2, -0.15) is 0 Å². The number of likely N-dealkylation sites (tertiary alicyclic amines) is 1. The number of carbonyl (C=O) groups is 2. The smallest absolute Gasteiger partial charge is 0.406 e. The van der Waals surface area contributed by atoms with Gasteiger partial charge in [0.1, 0.15) is 5.75 Å². The summed E-state index contributed by atoms with van der Waals surface area (Å²) in [5.41, 5.74) is 2.23. The predicted molar refractivity (Wildman–Crippen MR) is 113 cm³/mol. The fourth-order valence-corrected chi connectivity index (χ4v) is 4.51. The maximum absolute atomic E-state index is 13.3. The number of carbonyl (C=O) groups excluding carboxylic acids is 2. The molecule has 2 aliphatic rings. The van der Waals surface area contributed by atoms with Crippen molar-refractivity contribution < 1.29 is 27.5 Å². The predicted octanol–water partition coefficient (Wildman–Crippen LogP) is 4.35. The fraction of sp³-hybridized carbons (Fsp3) is 0.417. The summed E-state index contributed by atoms with van der Waals surface area (Å²) in [6.07, 6.45) is -1.77. The first-order chi connectivity index (χ1) is 15.3. The van der Waals surface area contributed by atoms with Crippen molar-refractivity contribution in [2.45, 2.75) is 38.5 Å². The standard InChI is InChI=1S/C24H25F3N2O3/c25-24(26,27)32-20-10-11-21-18(15-20)8-5-13-29(21)23(31)19-9-4-12-28(16-19)22(30)14-17-6-2-1-3-7-17/h1-3,6-7,10-11,15,19H,4-5,8-9,12-14,16H2. The van der Waals surface area contributed by atoms with Crippen LogP contribution in [0.5, 0.6) is 5.75 Å². The summed E-state index contributed by atoms with van der Waals surface area (Å²) in [4.78, 5) is 29.5. The van der Waals surface area contributed by atoms with Crippen LogP contribution >= 0.6 is 0 Å². The van der Waals surface area contributed by atoms with Crippen LogP contribution < -0.4 is 9.64 Å². The molecule has 1 unspecified atom stereocenters. The first kappa shape index (κ1) is 22.2. The molecule has 0 spiro atoms. The highest BCUT2D eigenvalue weighted by atomic mass is 19.4. The minimum absolute atomic E-state index is 0.00156. The molecule has 2 aromatic rings. The third-order valence-electron chi connectivity index (χ3n) is 5.99. The summed E-state index contributed by atoms with van der Waals surface area (Å²) < 4.78 is 41.6. The van der Waals surface area contributed by atoms with E-state index in [2.05, 4.69) is 4.74 Å². The van der Waals surface area contributed by atoms with Gasteiger partial charge in [-0.25, -0.2) is 0 Å². The first-order valence-electron chi connectivity index (χ1n) is 10.8. The monoisotopic (exact) mass is 446 g/mol. The molecule has 0 N–H and O–H groups in total. The van der Waals surface area contributed by atoms with Crippen LogP contribution in [0.3, 0.4) is 0 Å². The third kappa shape index (κ3) is 5.23. The fourth-order valence-electron chi connectivity index (χ4n) is 4.51. The van der Waals surface area contributed by atoms with E-state index < -0.39 is 6.36 Å². The highest BCUT2D eigenvalue weighted by molar-refractivity contribution is 5.96. The number of rotatable bonds is 4. The topological polar surface area (TPSA) is 49.9 Å². The zero-order valence-electron chi connectivity index (χ0n) is 17.6. The second-order valence-corrected chi connectivity index (χ2v) is 8.27. The Kier molecular flexibility index (Phi) is 6.39. The van der Waals surface area contributed by atoms with Crippen LogP contribution in [0.1, 0.15) is 30.4 Å². The lowest BCUT2D eigenvalue weighted by Crippen LogP contribution is -2.48. The first-order valence-corrected chi connectivity index (χ1v) is 10.8. The molecule has 4 rings (SSSR count). The van der Waals surface area contributed by atoms with Gasteiger partial charge >= 0.3 is 6.36 Å². The number of aryl methyl sites for hydroxylation is 1. The number of hydrogen-bond donors (Lipinski definition) is 0. The highest BCUT2D eigenvalue weighted by Crippen LogP contribution is 2.34. The molecule has 2 aromatic carbocycles. The van der Waals surface area contributed by atoms with Gasteiger partial charge in [-0.05, 0) is 55.0 Å². The Balaban J connectivity index is 1.44. The van der Waals surface area contributed by atoms with E-state index in [1.807, 2.05) is 30.3 Å². The van der Waals surface area contributed by atoms with Gasteiger partial charge in [0.15, 0.2) is 0 Å². The summed E-state index contributed by atoms with van der Waals surface area (Å²) in [5.74, 6) is -0.671. The molecular weight excluding hydrogens is 421 g/mol. The molecule has 32 heavy (non-hydrogen) atoms. The van der Waals surface area contributed by atoms with Crippen molar-refractivity contribution in [3.05, 3.63) is 59.7 Å². The molecule has 0 radical (unpaired) electrons. The zero-order chi connectivity index (χ0) is 22.7. The van der Waals surface area contributed by atoms with E-state index in [0.717, 1.165) is 12.0 Å². The number of benzene rings is 2. The molecule has 2 amide bonds. The average molecular weight is 446 g/mol. The van der Waals surface area contributed by atoms with Crippen molar-refractivity contribution in [1.82, 2.24) is 4.90 Å². The van der Waals surface area contributed by atoms with E-state index in [0.29, 0.717) is 56.6 Å². The summed E-state index contributed by atoms with van der Waals surface area (Å²) >= 11 is 0. The van der Waals surface area contributed by atoms with Gasteiger partial charge in [0.25, 0.3) is 0 Å². The normalized spacial score (nSPS) is 18.8. The minimum atomic E-state index is -4.75. The van der Waals surface area contributed by atoms with E-state index in [4.69, 9.17) is 0 Å². The Morgan fingerprint density at radius 2 is 1.81 bits per heavy atom. The lowest BCUT2D eigenvalue weighted by molar-refractivity contribution is -0.274. The van der Waals surface area contributed by atoms with Gasteiger partial charge < -0.3 is 14.5 Å². The Morgan fingerprint density at radius 1 is 1.03 bits per heavy atom. The number of nitrogens with zero attached hydrogens (tertiary/aromatic N) is 2. The van der Waals surface area contributed by atoms with Crippen molar-refractivity contribution in [3.8, 4) is 5.75 Å².